The van der Waals surface area contributed by atoms with Crippen molar-refractivity contribution in [3.05, 3.63) is 82.2 Å². The van der Waals surface area contributed by atoms with Crippen LogP contribution in [0, 0.1) is 0 Å². The molecule has 8 heteroatoms. The fourth-order valence-corrected chi connectivity index (χ4v) is 5.57. The minimum atomic E-state index is -0.792. The van der Waals surface area contributed by atoms with E-state index < -0.39 is 22.9 Å². The van der Waals surface area contributed by atoms with E-state index in [9.17, 15) is 9.59 Å². The first kappa shape index (κ1) is 19.4. The zero-order valence-electron chi connectivity index (χ0n) is 15.8. The molecule has 2 fully saturated rings. The van der Waals surface area contributed by atoms with Crippen LogP contribution >= 0.6 is 11.8 Å². The maximum atomic E-state index is 13.4. The zero-order chi connectivity index (χ0) is 20.4. The molecule has 29 heavy (non-hydrogen) atoms. The molecular formula is C21H20N4O3S. The summed E-state index contributed by atoms with van der Waals surface area (Å²) in [4.78, 5) is 30.0. The van der Waals surface area contributed by atoms with Crippen molar-refractivity contribution < 1.29 is 14.3 Å². The summed E-state index contributed by atoms with van der Waals surface area (Å²) in [5.74, 6) is -0.563. The molecule has 2 aliphatic rings. The molecular weight excluding hydrogens is 389 g/mol. The van der Waals surface area contributed by atoms with Gasteiger partial charge < -0.3 is 9.64 Å². The number of benzene rings is 2. The van der Waals surface area contributed by atoms with Crippen LogP contribution in [0.15, 0.2) is 65.8 Å². The van der Waals surface area contributed by atoms with Gasteiger partial charge in [0.25, 0.3) is 0 Å². The van der Waals surface area contributed by atoms with Crippen LogP contribution in [-0.4, -0.2) is 39.5 Å². The molecule has 4 rings (SSSR count). The van der Waals surface area contributed by atoms with Gasteiger partial charge in [-0.25, -0.2) is 4.79 Å². The van der Waals surface area contributed by atoms with Crippen LogP contribution in [0.2, 0.25) is 0 Å². The van der Waals surface area contributed by atoms with E-state index in [1.165, 1.54) is 11.8 Å². The van der Waals surface area contributed by atoms with Gasteiger partial charge in [0.15, 0.2) is 6.10 Å². The van der Waals surface area contributed by atoms with Gasteiger partial charge in [0.05, 0.1) is 16.5 Å². The molecule has 0 unspecified atom stereocenters. The molecule has 0 N–H and O–H groups in total. The summed E-state index contributed by atoms with van der Waals surface area (Å²) in [7, 11) is 0. The van der Waals surface area contributed by atoms with E-state index in [0.29, 0.717) is 6.42 Å². The van der Waals surface area contributed by atoms with Crippen molar-refractivity contribution in [1.29, 1.82) is 0 Å². The lowest BCUT2D eigenvalue weighted by molar-refractivity contribution is -0.164. The van der Waals surface area contributed by atoms with Crippen LogP contribution in [0.25, 0.3) is 10.4 Å². The van der Waals surface area contributed by atoms with Crippen molar-refractivity contribution in [3.8, 4) is 0 Å². The number of carbonyl (C=O) groups is 2. The molecule has 2 saturated heterocycles. The normalized spacial score (nSPS) is 25.2. The SMILES string of the molecule is C[C@@]1(C[15N]=[N+]=[N-])S[C@@H]2CC(=O)N2[C@H]1C(=O)OC(c1ccccc1)c1ccccc1. The predicted octanol–water partition coefficient (Wildman–Crippen LogP) is 4.06. The summed E-state index contributed by atoms with van der Waals surface area (Å²) in [6.07, 6.45) is -0.199. The van der Waals surface area contributed by atoms with Gasteiger partial charge in [-0.2, -0.15) is 0 Å². The van der Waals surface area contributed by atoms with E-state index in [1.54, 1.807) is 4.90 Å². The number of nitrogens with zero attached hydrogens (tertiary/aromatic N) is 4. The summed E-state index contributed by atoms with van der Waals surface area (Å²) in [5.41, 5.74) is 10.5. The number of fused-ring (bicyclic) bond motifs is 1. The summed E-state index contributed by atoms with van der Waals surface area (Å²) in [5, 5.41) is 3.61. The number of amides is 1. The molecule has 2 heterocycles. The lowest BCUT2D eigenvalue weighted by atomic mass is 9.96. The van der Waals surface area contributed by atoms with Crippen molar-refractivity contribution in [2.75, 3.05) is 6.54 Å². The topological polar surface area (TPSA) is 95.4 Å². The first-order valence-electron chi connectivity index (χ1n) is 9.34. The fraction of sp³-hybridized carbons (Fsp3) is 0.333. The molecule has 2 aromatic rings. The van der Waals surface area contributed by atoms with Gasteiger partial charge in [-0.05, 0) is 23.6 Å². The average Bonchev–Trinajstić information content (AvgIpc) is 2.99. The minimum absolute atomic E-state index is 0.0779. The smallest absolute Gasteiger partial charge is 0.331 e. The zero-order valence-corrected chi connectivity index (χ0v) is 16.7. The second kappa shape index (κ2) is 7.81. The summed E-state index contributed by atoms with van der Waals surface area (Å²) in [6.45, 7) is 1.96. The van der Waals surface area contributed by atoms with Gasteiger partial charge in [0.2, 0.25) is 5.91 Å². The third-order valence-electron chi connectivity index (χ3n) is 5.32. The highest BCUT2D eigenvalue weighted by molar-refractivity contribution is 8.01. The van der Waals surface area contributed by atoms with Gasteiger partial charge in [-0.3, -0.25) is 4.79 Å². The van der Waals surface area contributed by atoms with E-state index in [0.717, 1.165) is 11.1 Å². The van der Waals surface area contributed by atoms with Crippen LogP contribution < -0.4 is 0 Å². The van der Waals surface area contributed by atoms with E-state index in [4.69, 9.17) is 10.3 Å². The standard InChI is InChI=1S/C21H20N4O3S/c1-21(13-23-24-22)19(25-16(26)12-17(25)29-21)20(27)28-18(14-8-4-2-5-9-14)15-10-6-3-7-11-15/h2-11,17-19H,12-13H2,1H3/t17-,19+,21+/m1/s1/i23+1. The summed E-state index contributed by atoms with van der Waals surface area (Å²) < 4.78 is 5.28. The predicted molar refractivity (Wildman–Crippen MR) is 110 cm³/mol. The Labute approximate surface area is 172 Å². The molecule has 0 radical (unpaired) electrons. The number of carbonyl (C=O) groups excluding carboxylic acids is 2. The van der Waals surface area contributed by atoms with Gasteiger partial charge in [0, 0.05) is 11.5 Å². The fourth-order valence-electron chi connectivity index (χ4n) is 3.90. The largest absolute Gasteiger partial charge is 0.451 e. The average molecular weight is 409 g/mol. The third kappa shape index (κ3) is 3.57. The van der Waals surface area contributed by atoms with Crippen LogP contribution in [0.1, 0.15) is 30.6 Å². The Kier molecular flexibility index (Phi) is 5.22. The Balaban J connectivity index is 1.66. The van der Waals surface area contributed by atoms with Crippen LogP contribution in [-0.2, 0) is 14.3 Å². The van der Waals surface area contributed by atoms with Gasteiger partial charge in [-0.1, -0.05) is 65.8 Å². The highest BCUT2D eigenvalue weighted by Crippen LogP contribution is 2.51. The molecule has 2 aliphatic heterocycles. The second-order valence-corrected chi connectivity index (χ2v) is 9.03. The van der Waals surface area contributed by atoms with Gasteiger partial charge in [0.1, 0.15) is 6.04 Å². The third-order valence-corrected chi connectivity index (χ3v) is 6.88. The van der Waals surface area contributed by atoms with Gasteiger partial charge in [-0.15, -0.1) is 11.8 Å². The van der Waals surface area contributed by atoms with Crippen molar-refractivity contribution in [2.45, 2.75) is 35.6 Å². The molecule has 2 aromatic carbocycles. The maximum Gasteiger partial charge on any atom is 0.331 e. The molecule has 3 atom stereocenters. The number of β-lactam (4-membered cyclic amide) rings is 1. The minimum Gasteiger partial charge on any atom is -0.451 e. The number of azide groups is 1. The number of esters is 1. The molecule has 1 amide bonds. The number of hydrogen-bond acceptors (Lipinski definition) is 5. The Morgan fingerprint density at radius 3 is 2.34 bits per heavy atom. The number of thioether (sulfide) groups is 1. The number of hydrogen-bond donors (Lipinski definition) is 0. The van der Waals surface area contributed by atoms with E-state index >= 15 is 0 Å². The first-order chi connectivity index (χ1) is 14.0. The summed E-state index contributed by atoms with van der Waals surface area (Å²) in [6, 6.07) is 18.2. The van der Waals surface area contributed by atoms with Crippen molar-refractivity contribution in [3.63, 3.8) is 0 Å². The monoisotopic (exact) mass is 409 g/mol. The quantitative estimate of drug-likeness (QED) is 0.179. The first-order valence-corrected chi connectivity index (χ1v) is 10.2. The molecule has 148 valence electrons. The molecule has 0 aromatic heterocycles. The second-order valence-electron chi connectivity index (χ2n) is 7.32. The van der Waals surface area contributed by atoms with E-state index in [1.807, 2.05) is 67.6 Å². The van der Waals surface area contributed by atoms with Gasteiger partial charge >= 0.3 is 5.97 Å². The Morgan fingerprint density at radius 2 is 1.83 bits per heavy atom. The number of rotatable bonds is 6. The van der Waals surface area contributed by atoms with Crippen LogP contribution in [0.5, 0.6) is 0 Å². The van der Waals surface area contributed by atoms with E-state index in [-0.39, 0.29) is 17.8 Å². The van der Waals surface area contributed by atoms with E-state index in [2.05, 4.69) is 10.0 Å². The van der Waals surface area contributed by atoms with Crippen LogP contribution in [0.3, 0.4) is 0 Å². The van der Waals surface area contributed by atoms with Crippen LogP contribution in [0.4, 0.5) is 0 Å². The van der Waals surface area contributed by atoms with Crippen molar-refractivity contribution in [1.82, 2.24) is 4.90 Å². The lowest BCUT2D eigenvalue weighted by Crippen LogP contribution is -2.58. The molecule has 0 aliphatic carbocycles. The Hall–Kier alpha value is -2.96. The highest BCUT2D eigenvalue weighted by atomic mass is 32.2. The summed E-state index contributed by atoms with van der Waals surface area (Å²) >= 11 is 1.50. The lowest BCUT2D eigenvalue weighted by Gasteiger charge is -2.38. The molecule has 0 spiro atoms. The molecule has 7 nitrogen and oxygen atoms in total. The number of ether oxygens (including phenoxy) is 1. The highest BCUT2D eigenvalue weighted by Gasteiger charge is 2.61. The van der Waals surface area contributed by atoms with Crippen molar-refractivity contribution >= 4 is 23.6 Å². The Bertz CT molecular complexity index is 925. The maximum absolute atomic E-state index is 13.4. The molecule has 0 saturated carbocycles. The Morgan fingerprint density at radius 1 is 1.24 bits per heavy atom. The van der Waals surface area contributed by atoms with Crippen molar-refractivity contribution in [2.24, 2.45) is 5.11 Å². The molecule has 0 bridgehead atoms.